The highest BCUT2D eigenvalue weighted by atomic mass is 16.2. The molecule has 3 heteroatoms. The average Bonchev–Trinajstić information content (AvgIpc) is 2.26. The highest BCUT2D eigenvalue weighted by molar-refractivity contribution is 5.82. The molecular formula is C15H32N2O. The summed E-state index contributed by atoms with van der Waals surface area (Å²) in [6.45, 7) is 13.6. The van der Waals surface area contributed by atoms with Crippen molar-refractivity contribution in [3.8, 4) is 0 Å². The fourth-order valence-electron chi connectivity index (χ4n) is 2.36. The summed E-state index contributed by atoms with van der Waals surface area (Å²) in [6.07, 6.45) is 2.78. The SMILES string of the molecule is CCC(CC)N(CC(C)C)C(=O)[C@@H](N)CC(C)C. The van der Waals surface area contributed by atoms with Crippen molar-refractivity contribution in [2.24, 2.45) is 17.6 Å². The van der Waals surface area contributed by atoms with Crippen molar-refractivity contribution >= 4 is 5.91 Å². The van der Waals surface area contributed by atoms with Gasteiger partial charge in [-0.3, -0.25) is 4.79 Å². The predicted octanol–water partition coefficient (Wildman–Crippen LogP) is 3.03. The lowest BCUT2D eigenvalue weighted by Crippen LogP contribution is -2.50. The second-order valence-electron chi connectivity index (χ2n) is 6.09. The van der Waals surface area contributed by atoms with Crippen molar-refractivity contribution in [2.75, 3.05) is 6.54 Å². The molecule has 0 saturated carbocycles. The summed E-state index contributed by atoms with van der Waals surface area (Å²) in [6, 6.07) is -0.0116. The van der Waals surface area contributed by atoms with Gasteiger partial charge < -0.3 is 10.6 Å². The van der Waals surface area contributed by atoms with Crippen LogP contribution in [0, 0.1) is 11.8 Å². The van der Waals surface area contributed by atoms with Crippen LogP contribution in [0.5, 0.6) is 0 Å². The number of carbonyl (C=O) groups is 1. The first-order valence-electron chi connectivity index (χ1n) is 7.39. The molecular weight excluding hydrogens is 224 g/mol. The third-order valence-corrected chi connectivity index (χ3v) is 3.27. The van der Waals surface area contributed by atoms with Gasteiger partial charge >= 0.3 is 0 Å². The Morgan fingerprint density at radius 3 is 1.89 bits per heavy atom. The Morgan fingerprint density at radius 2 is 1.56 bits per heavy atom. The van der Waals surface area contributed by atoms with Crippen molar-refractivity contribution in [3.05, 3.63) is 0 Å². The number of hydrogen-bond donors (Lipinski definition) is 1. The standard InChI is InChI=1S/C15H32N2O/c1-7-13(8-2)17(10-12(5)6)15(18)14(16)9-11(3)4/h11-14H,7-10,16H2,1-6H3/t14-/m0/s1. The molecule has 0 aliphatic heterocycles. The lowest BCUT2D eigenvalue weighted by Gasteiger charge is -2.34. The molecule has 108 valence electrons. The minimum absolute atomic E-state index is 0.131. The molecule has 0 aromatic rings. The molecule has 0 radical (unpaired) electrons. The van der Waals surface area contributed by atoms with Gasteiger partial charge in [0.05, 0.1) is 6.04 Å². The van der Waals surface area contributed by atoms with Gasteiger partial charge in [0.1, 0.15) is 0 Å². The van der Waals surface area contributed by atoms with Crippen molar-refractivity contribution in [1.82, 2.24) is 4.90 Å². The van der Waals surface area contributed by atoms with E-state index in [0.29, 0.717) is 17.9 Å². The second-order valence-corrected chi connectivity index (χ2v) is 6.09. The molecule has 0 spiro atoms. The van der Waals surface area contributed by atoms with Crippen molar-refractivity contribution in [3.63, 3.8) is 0 Å². The number of hydrogen-bond acceptors (Lipinski definition) is 2. The van der Waals surface area contributed by atoms with Gasteiger partial charge in [-0.1, -0.05) is 41.5 Å². The normalized spacial score (nSPS) is 13.4. The van der Waals surface area contributed by atoms with Gasteiger partial charge in [-0.25, -0.2) is 0 Å². The summed E-state index contributed by atoms with van der Waals surface area (Å²) < 4.78 is 0. The van der Waals surface area contributed by atoms with Crippen LogP contribution in [0.25, 0.3) is 0 Å². The Balaban J connectivity index is 4.77. The number of rotatable bonds is 8. The van der Waals surface area contributed by atoms with E-state index in [2.05, 4.69) is 41.5 Å². The Morgan fingerprint density at radius 1 is 1.06 bits per heavy atom. The smallest absolute Gasteiger partial charge is 0.239 e. The van der Waals surface area contributed by atoms with E-state index in [1.807, 2.05) is 4.90 Å². The van der Waals surface area contributed by atoms with E-state index in [1.54, 1.807) is 0 Å². The van der Waals surface area contributed by atoms with Gasteiger partial charge in [-0.15, -0.1) is 0 Å². The maximum atomic E-state index is 12.5. The van der Waals surface area contributed by atoms with Crippen molar-refractivity contribution < 1.29 is 4.79 Å². The van der Waals surface area contributed by atoms with E-state index in [9.17, 15) is 4.79 Å². The molecule has 1 atom stereocenters. The van der Waals surface area contributed by atoms with E-state index in [1.165, 1.54) is 0 Å². The molecule has 1 amide bonds. The molecule has 0 heterocycles. The van der Waals surface area contributed by atoms with Crippen LogP contribution in [0.1, 0.15) is 60.8 Å². The molecule has 0 aromatic carbocycles. The maximum Gasteiger partial charge on any atom is 0.239 e. The number of nitrogens with zero attached hydrogens (tertiary/aromatic N) is 1. The molecule has 0 fully saturated rings. The fraction of sp³-hybridized carbons (Fsp3) is 0.933. The zero-order valence-corrected chi connectivity index (χ0v) is 13.1. The summed E-state index contributed by atoms with van der Waals surface area (Å²) in [5, 5.41) is 0. The molecule has 0 unspecified atom stereocenters. The molecule has 0 aromatic heterocycles. The molecule has 0 bridgehead atoms. The summed E-state index contributed by atoms with van der Waals surface area (Å²) >= 11 is 0. The van der Waals surface area contributed by atoms with Gasteiger partial charge in [0.25, 0.3) is 0 Å². The molecule has 0 aliphatic rings. The maximum absolute atomic E-state index is 12.5. The minimum Gasteiger partial charge on any atom is -0.338 e. The van der Waals surface area contributed by atoms with Gasteiger partial charge in [-0.2, -0.15) is 0 Å². The van der Waals surface area contributed by atoms with Crippen LogP contribution in [-0.4, -0.2) is 29.4 Å². The quantitative estimate of drug-likeness (QED) is 0.725. The Labute approximate surface area is 113 Å². The highest BCUT2D eigenvalue weighted by Crippen LogP contribution is 2.15. The Hall–Kier alpha value is -0.570. The molecule has 18 heavy (non-hydrogen) atoms. The Kier molecular flexibility index (Phi) is 8.25. The van der Waals surface area contributed by atoms with Crippen LogP contribution in [0.4, 0.5) is 0 Å². The summed E-state index contributed by atoms with van der Waals surface area (Å²) in [7, 11) is 0. The molecule has 0 rings (SSSR count). The van der Waals surface area contributed by atoms with Crippen LogP contribution in [0.2, 0.25) is 0 Å². The van der Waals surface area contributed by atoms with Crippen LogP contribution >= 0.6 is 0 Å². The summed E-state index contributed by atoms with van der Waals surface area (Å²) in [5.74, 6) is 1.08. The van der Waals surface area contributed by atoms with Crippen LogP contribution in [-0.2, 0) is 4.79 Å². The van der Waals surface area contributed by atoms with E-state index in [4.69, 9.17) is 5.73 Å². The first-order chi connectivity index (χ1) is 8.33. The fourth-order valence-corrected chi connectivity index (χ4v) is 2.36. The van der Waals surface area contributed by atoms with E-state index in [0.717, 1.165) is 25.8 Å². The van der Waals surface area contributed by atoms with Gasteiger partial charge in [0, 0.05) is 12.6 Å². The monoisotopic (exact) mass is 256 g/mol. The van der Waals surface area contributed by atoms with Crippen LogP contribution in [0.3, 0.4) is 0 Å². The molecule has 2 N–H and O–H groups in total. The zero-order valence-electron chi connectivity index (χ0n) is 13.1. The third-order valence-electron chi connectivity index (χ3n) is 3.27. The zero-order chi connectivity index (χ0) is 14.3. The summed E-state index contributed by atoms with van der Waals surface area (Å²) in [5.41, 5.74) is 6.05. The lowest BCUT2D eigenvalue weighted by atomic mass is 10.0. The molecule has 3 nitrogen and oxygen atoms in total. The topological polar surface area (TPSA) is 46.3 Å². The molecule has 0 saturated heterocycles. The van der Waals surface area contributed by atoms with Gasteiger partial charge in [-0.05, 0) is 31.1 Å². The summed E-state index contributed by atoms with van der Waals surface area (Å²) in [4.78, 5) is 14.5. The first kappa shape index (κ1) is 17.4. The highest BCUT2D eigenvalue weighted by Gasteiger charge is 2.26. The van der Waals surface area contributed by atoms with E-state index < -0.39 is 0 Å². The largest absolute Gasteiger partial charge is 0.338 e. The van der Waals surface area contributed by atoms with Gasteiger partial charge in [0.15, 0.2) is 0 Å². The number of carbonyl (C=O) groups excluding carboxylic acids is 1. The molecule has 0 aliphatic carbocycles. The van der Waals surface area contributed by atoms with Crippen LogP contribution in [0.15, 0.2) is 0 Å². The van der Waals surface area contributed by atoms with Crippen molar-refractivity contribution in [2.45, 2.75) is 72.9 Å². The second kappa shape index (κ2) is 8.52. The number of amides is 1. The van der Waals surface area contributed by atoms with Crippen LogP contribution < -0.4 is 5.73 Å². The Bertz CT molecular complexity index is 235. The third kappa shape index (κ3) is 5.85. The van der Waals surface area contributed by atoms with E-state index in [-0.39, 0.29) is 11.9 Å². The number of nitrogens with two attached hydrogens (primary N) is 1. The van der Waals surface area contributed by atoms with E-state index >= 15 is 0 Å². The lowest BCUT2D eigenvalue weighted by molar-refractivity contribution is -0.136. The first-order valence-corrected chi connectivity index (χ1v) is 7.39. The predicted molar refractivity (Wildman–Crippen MR) is 78.4 cm³/mol. The van der Waals surface area contributed by atoms with Gasteiger partial charge in [0.2, 0.25) is 5.91 Å². The van der Waals surface area contributed by atoms with Crippen molar-refractivity contribution in [1.29, 1.82) is 0 Å². The minimum atomic E-state index is -0.343. The average molecular weight is 256 g/mol.